The van der Waals surface area contributed by atoms with E-state index in [2.05, 4.69) is 72.8 Å². The van der Waals surface area contributed by atoms with Crippen LogP contribution in [0.15, 0.2) is 46.6 Å². The van der Waals surface area contributed by atoms with Crippen LogP contribution in [0, 0.1) is 5.92 Å². The van der Waals surface area contributed by atoms with Crippen LogP contribution >= 0.6 is 0 Å². The summed E-state index contributed by atoms with van der Waals surface area (Å²) in [5.74, 6) is 0.945. The Kier molecular flexibility index (Phi) is 16.3. The Labute approximate surface area is 153 Å². The van der Waals surface area contributed by atoms with E-state index in [0.29, 0.717) is 0 Å². The Morgan fingerprint density at radius 2 is 1.29 bits per heavy atom. The Morgan fingerprint density at radius 3 is 1.71 bits per heavy atom. The highest BCUT2D eigenvalue weighted by molar-refractivity contribution is 5.12. The zero-order valence-electron chi connectivity index (χ0n) is 16.8. The molecular formula is C24H44. The lowest BCUT2D eigenvalue weighted by Crippen LogP contribution is -1.77. The van der Waals surface area contributed by atoms with E-state index >= 15 is 0 Å². The third-order valence-electron chi connectivity index (χ3n) is 4.10. The largest absolute Gasteiger partial charge is 0.0821 e. The van der Waals surface area contributed by atoms with Gasteiger partial charge in [-0.2, -0.15) is 0 Å². The summed E-state index contributed by atoms with van der Waals surface area (Å²) in [4.78, 5) is 0. The number of hydrogen-bond acceptors (Lipinski definition) is 0. The van der Waals surface area contributed by atoms with Gasteiger partial charge >= 0.3 is 0 Å². The minimum Gasteiger partial charge on any atom is -0.0821 e. The monoisotopic (exact) mass is 332 g/mol. The van der Waals surface area contributed by atoms with Crippen LogP contribution in [0.25, 0.3) is 0 Å². The van der Waals surface area contributed by atoms with Gasteiger partial charge < -0.3 is 0 Å². The van der Waals surface area contributed by atoms with Gasteiger partial charge in [-0.15, -0.1) is 0 Å². The van der Waals surface area contributed by atoms with Crippen LogP contribution in [0.1, 0.15) is 101 Å². The molecule has 1 saturated carbocycles. The fourth-order valence-electron chi connectivity index (χ4n) is 2.24. The highest BCUT2D eigenvalue weighted by Gasteiger charge is 2.22. The van der Waals surface area contributed by atoms with E-state index in [-0.39, 0.29) is 7.43 Å². The van der Waals surface area contributed by atoms with Crippen molar-refractivity contribution >= 4 is 0 Å². The lowest BCUT2D eigenvalue weighted by atomic mass is 10.1. The van der Waals surface area contributed by atoms with Gasteiger partial charge in [-0.1, -0.05) is 67.4 Å². The molecule has 1 fully saturated rings. The van der Waals surface area contributed by atoms with Crippen molar-refractivity contribution in [1.29, 1.82) is 0 Å². The first-order chi connectivity index (χ1) is 10.9. The lowest BCUT2D eigenvalue weighted by Gasteiger charge is -1.97. The topological polar surface area (TPSA) is 0 Å². The van der Waals surface area contributed by atoms with E-state index in [9.17, 15) is 0 Å². The van der Waals surface area contributed by atoms with E-state index in [1.165, 1.54) is 48.8 Å². The van der Waals surface area contributed by atoms with Gasteiger partial charge in [-0.3, -0.25) is 0 Å². The van der Waals surface area contributed by atoms with E-state index in [1.807, 2.05) is 0 Å². The van der Waals surface area contributed by atoms with Crippen molar-refractivity contribution in [3.8, 4) is 0 Å². The van der Waals surface area contributed by atoms with Gasteiger partial charge in [0.15, 0.2) is 0 Å². The summed E-state index contributed by atoms with van der Waals surface area (Å²) in [5, 5.41) is 0. The van der Waals surface area contributed by atoms with Crippen molar-refractivity contribution in [3.05, 3.63) is 46.6 Å². The molecule has 0 heterocycles. The average molecular weight is 333 g/mol. The summed E-state index contributed by atoms with van der Waals surface area (Å²) in [6, 6.07) is 0. The molecule has 1 aliphatic carbocycles. The van der Waals surface area contributed by atoms with Gasteiger partial charge in [-0.25, -0.2) is 0 Å². The second kappa shape index (κ2) is 15.5. The van der Waals surface area contributed by atoms with Crippen molar-refractivity contribution in [2.24, 2.45) is 5.92 Å². The summed E-state index contributed by atoms with van der Waals surface area (Å²) in [5.41, 5.74) is 5.97. The van der Waals surface area contributed by atoms with Crippen LogP contribution in [0.4, 0.5) is 0 Å². The van der Waals surface area contributed by atoms with Crippen LogP contribution < -0.4 is 0 Å². The number of hydrogen-bond donors (Lipinski definition) is 0. The van der Waals surface area contributed by atoms with Crippen molar-refractivity contribution < 1.29 is 0 Å². The maximum Gasteiger partial charge on any atom is -0.0164 e. The molecule has 0 aromatic carbocycles. The predicted octanol–water partition coefficient (Wildman–Crippen LogP) is 8.81. The van der Waals surface area contributed by atoms with Gasteiger partial charge in [0, 0.05) is 0 Å². The fraction of sp³-hybridized carbons (Fsp3) is 0.667. The zero-order valence-corrected chi connectivity index (χ0v) is 16.8. The smallest absolute Gasteiger partial charge is 0.0164 e. The predicted molar refractivity (Wildman–Crippen MR) is 115 cm³/mol. The SMILES string of the molecule is C.CC(C)=CCC=C(C)C1CC1.CCCCC(C)=CCC=C(C)C. The zero-order chi connectivity index (χ0) is 17.7. The summed E-state index contributed by atoms with van der Waals surface area (Å²) < 4.78 is 0. The minimum absolute atomic E-state index is 0. The third-order valence-corrected chi connectivity index (χ3v) is 4.10. The molecule has 140 valence electrons. The van der Waals surface area contributed by atoms with E-state index < -0.39 is 0 Å². The summed E-state index contributed by atoms with van der Waals surface area (Å²) in [7, 11) is 0. The summed E-state index contributed by atoms with van der Waals surface area (Å²) in [6.07, 6.45) is 18.3. The molecule has 0 aliphatic heterocycles. The number of rotatable bonds is 8. The molecule has 0 bridgehead atoms. The average Bonchev–Trinajstić information content (AvgIpc) is 3.29. The highest BCUT2D eigenvalue weighted by Crippen LogP contribution is 2.36. The molecule has 1 rings (SSSR count). The van der Waals surface area contributed by atoms with Crippen LogP contribution in [0.3, 0.4) is 0 Å². The minimum atomic E-state index is 0. The summed E-state index contributed by atoms with van der Waals surface area (Å²) >= 11 is 0. The Balaban J connectivity index is 0. The van der Waals surface area contributed by atoms with Crippen LogP contribution in [0.5, 0.6) is 0 Å². The van der Waals surface area contributed by atoms with Gasteiger partial charge in [0.05, 0.1) is 0 Å². The normalized spacial score (nSPS) is 14.1. The van der Waals surface area contributed by atoms with Crippen molar-refractivity contribution in [3.63, 3.8) is 0 Å². The van der Waals surface area contributed by atoms with E-state index in [0.717, 1.165) is 18.8 Å². The molecule has 0 unspecified atom stereocenters. The molecule has 24 heavy (non-hydrogen) atoms. The van der Waals surface area contributed by atoms with Crippen LogP contribution in [-0.4, -0.2) is 0 Å². The Bertz CT molecular complexity index is 417. The second-order valence-electron chi connectivity index (χ2n) is 7.41. The van der Waals surface area contributed by atoms with Gasteiger partial charge in [0.1, 0.15) is 0 Å². The van der Waals surface area contributed by atoms with E-state index in [1.54, 1.807) is 5.57 Å². The first-order valence-electron chi connectivity index (χ1n) is 9.45. The molecule has 0 atom stereocenters. The molecule has 0 nitrogen and oxygen atoms in total. The van der Waals surface area contributed by atoms with Gasteiger partial charge in [0.2, 0.25) is 0 Å². The highest BCUT2D eigenvalue weighted by atomic mass is 14.3. The molecular weight excluding hydrogens is 288 g/mol. The van der Waals surface area contributed by atoms with Crippen molar-refractivity contribution in [1.82, 2.24) is 0 Å². The molecule has 1 aliphatic rings. The maximum absolute atomic E-state index is 2.37. The molecule has 0 amide bonds. The molecule has 0 heteroatoms. The molecule has 0 radical (unpaired) electrons. The van der Waals surface area contributed by atoms with Crippen molar-refractivity contribution in [2.45, 2.75) is 101 Å². The number of allylic oxidation sites excluding steroid dienone is 8. The molecule has 0 saturated heterocycles. The standard InChI is InChI=1S/C12H22.C11H18.CH4/c1-5-6-9-12(4)10-7-8-11(2)3;1-9(2)5-4-6-10(3)11-7-8-11;/h8,10H,5-7,9H2,1-4H3;5-6,11H,4,7-8H2,1-3H3;1H4. The molecule has 0 aromatic rings. The molecule has 0 aromatic heterocycles. The van der Waals surface area contributed by atoms with Crippen molar-refractivity contribution in [2.75, 3.05) is 0 Å². The Hall–Kier alpha value is -1.04. The van der Waals surface area contributed by atoms with Crippen LogP contribution in [0.2, 0.25) is 0 Å². The Morgan fingerprint density at radius 1 is 0.792 bits per heavy atom. The molecule has 0 spiro atoms. The first kappa shape index (κ1) is 25.2. The van der Waals surface area contributed by atoms with Gasteiger partial charge in [-0.05, 0) is 86.0 Å². The maximum atomic E-state index is 2.37. The number of unbranched alkanes of at least 4 members (excludes halogenated alkanes) is 1. The fourth-order valence-corrected chi connectivity index (χ4v) is 2.24. The van der Waals surface area contributed by atoms with E-state index in [4.69, 9.17) is 0 Å². The van der Waals surface area contributed by atoms with Crippen LogP contribution in [-0.2, 0) is 0 Å². The second-order valence-corrected chi connectivity index (χ2v) is 7.41. The lowest BCUT2D eigenvalue weighted by molar-refractivity contribution is 0.785. The molecule has 0 N–H and O–H groups in total. The third kappa shape index (κ3) is 17.3. The quantitative estimate of drug-likeness (QED) is 0.389. The summed E-state index contributed by atoms with van der Waals surface area (Å²) in [6.45, 7) is 15.3. The van der Waals surface area contributed by atoms with Gasteiger partial charge in [0.25, 0.3) is 0 Å². The first-order valence-corrected chi connectivity index (χ1v) is 9.45.